The van der Waals surface area contributed by atoms with Crippen LogP contribution in [0.3, 0.4) is 0 Å². The zero-order valence-corrected chi connectivity index (χ0v) is 16.6. The zero-order valence-electron chi connectivity index (χ0n) is 16.6. The Balaban J connectivity index is 1.84. The molecule has 2 N–H and O–H groups in total. The van der Waals surface area contributed by atoms with E-state index in [4.69, 9.17) is 0 Å². The monoisotopic (exact) mass is 406 g/mol. The summed E-state index contributed by atoms with van der Waals surface area (Å²) in [6.07, 6.45) is -4.32. The van der Waals surface area contributed by atoms with Gasteiger partial charge in [-0.05, 0) is 47.7 Å². The van der Waals surface area contributed by atoms with E-state index in [1.165, 1.54) is 17.7 Å². The minimum atomic E-state index is -4.47. The van der Waals surface area contributed by atoms with Crippen LogP contribution >= 0.6 is 0 Å². The lowest BCUT2D eigenvalue weighted by atomic mass is 10.0. The molecule has 0 saturated heterocycles. The van der Waals surface area contributed by atoms with Crippen LogP contribution in [0, 0.1) is 5.92 Å². The Kier molecular flexibility index (Phi) is 7.42. The van der Waals surface area contributed by atoms with Gasteiger partial charge in [0.15, 0.2) is 0 Å². The molecule has 0 saturated carbocycles. The van der Waals surface area contributed by atoms with Crippen LogP contribution in [0.15, 0.2) is 48.5 Å². The molecule has 0 aliphatic rings. The van der Waals surface area contributed by atoms with Gasteiger partial charge in [0.2, 0.25) is 11.8 Å². The van der Waals surface area contributed by atoms with Gasteiger partial charge in [-0.3, -0.25) is 9.59 Å². The first-order valence-electron chi connectivity index (χ1n) is 9.41. The van der Waals surface area contributed by atoms with E-state index in [-0.39, 0.29) is 30.4 Å². The van der Waals surface area contributed by atoms with Gasteiger partial charge in [0.25, 0.3) is 0 Å². The fourth-order valence-corrected chi connectivity index (χ4v) is 2.85. The SMILES string of the molecule is CC(CC(=O)Nc1ccc(C(C)C)cc1)CC(=O)Nc1cccc(C(F)(F)F)c1. The molecular formula is C22H25F3N2O2. The fraction of sp³-hybridized carbons (Fsp3) is 0.364. The van der Waals surface area contributed by atoms with Crippen LogP contribution in [-0.2, 0) is 15.8 Å². The number of hydrogen-bond acceptors (Lipinski definition) is 2. The first kappa shape index (κ1) is 22.5. The summed E-state index contributed by atoms with van der Waals surface area (Å²) >= 11 is 0. The quantitative estimate of drug-likeness (QED) is 0.608. The van der Waals surface area contributed by atoms with Crippen molar-refractivity contribution in [2.24, 2.45) is 5.92 Å². The van der Waals surface area contributed by atoms with Gasteiger partial charge in [-0.2, -0.15) is 13.2 Å². The van der Waals surface area contributed by atoms with Crippen LogP contribution in [0.1, 0.15) is 50.7 Å². The molecule has 7 heteroatoms. The average molecular weight is 406 g/mol. The number of carbonyl (C=O) groups is 2. The van der Waals surface area contributed by atoms with Crippen molar-refractivity contribution in [3.8, 4) is 0 Å². The van der Waals surface area contributed by atoms with Crippen LogP contribution < -0.4 is 10.6 Å². The van der Waals surface area contributed by atoms with E-state index in [1.54, 1.807) is 6.92 Å². The number of rotatable bonds is 7. The molecule has 1 unspecified atom stereocenters. The second-order valence-electron chi connectivity index (χ2n) is 7.47. The van der Waals surface area contributed by atoms with Gasteiger partial charge in [-0.1, -0.05) is 39.0 Å². The molecule has 29 heavy (non-hydrogen) atoms. The second kappa shape index (κ2) is 9.58. The van der Waals surface area contributed by atoms with Crippen molar-refractivity contribution >= 4 is 23.2 Å². The number of nitrogens with one attached hydrogen (secondary N) is 2. The molecule has 1 atom stereocenters. The van der Waals surface area contributed by atoms with Crippen LogP contribution in [-0.4, -0.2) is 11.8 Å². The first-order chi connectivity index (χ1) is 13.5. The number of alkyl halides is 3. The summed E-state index contributed by atoms with van der Waals surface area (Å²) in [6, 6.07) is 12.0. The van der Waals surface area contributed by atoms with Crippen molar-refractivity contribution in [1.82, 2.24) is 0 Å². The van der Waals surface area contributed by atoms with Crippen molar-refractivity contribution in [2.45, 2.75) is 45.7 Å². The van der Waals surface area contributed by atoms with E-state index in [1.807, 2.05) is 24.3 Å². The average Bonchev–Trinajstić information content (AvgIpc) is 2.61. The van der Waals surface area contributed by atoms with Crippen molar-refractivity contribution < 1.29 is 22.8 Å². The lowest BCUT2D eigenvalue weighted by Crippen LogP contribution is -2.20. The molecule has 0 aliphatic heterocycles. The molecule has 2 aromatic carbocycles. The summed E-state index contributed by atoms with van der Waals surface area (Å²) in [6.45, 7) is 5.91. The highest BCUT2D eigenvalue weighted by Crippen LogP contribution is 2.30. The number of amides is 2. The molecule has 0 aliphatic carbocycles. The van der Waals surface area contributed by atoms with Gasteiger partial charge in [0.1, 0.15) is 0 Å². The number of halogens is 3. The van der Waals surface area contributed by atoms with Gasteiger partial charge in [0.05, 0.1) is 5.56 Å². The molecule has 0 aromatic heterocycles. The molecule has 0 bridgehead atoms. The number of benzene rings is 2. The minimum absolute atomic E-state index is 0.0238. The summed E-state index contributed by atoms with van der Waals surface area (Å²) in [5.41, 5.74) is 1.10. The normalized spacial score (nSPS) is 12.5. The molecule has 2 amide bonds. The van der Waals surface area contributed by atoms with E-state index in [0.29, 0.717) is 11.6 Å². The Morgan fingerprint density at radius 1 is 0.862 bits per heavy atom. The minimum Gasteiger partial charge on any atom is -0.326 e. The standard InChI is InChI=1S/C22H25F3N2O2/c1-14(2)16-7-9-18(10-8-16)26-20(28)11-15(3)12-21(29)27-19-6-4-5-17(13-19)22(23,24)25/h4-10,13-15H,11-12H2,1-3H3,(H,26,28)(H,27,29). The molecule has 2 rings (SSSR count). The van der Waals surface area contributed by atoms with E-state index in [0.717, 1.165) is 12.1 Å². The Labute approximate surface area is 168 Å². The molecular weight excluding hydrogens is 381 g/mol. The molecule has 0 fully saturated rings. The van der Waals surface area contributed by atoms with Crippen LogP contribution in [0.4, 0.5) is 24.5 Å². The Morgan fingerprint density at radius 2 is 1.41 bits per heavy atom. The molecule has 0 heterocycles. The summed E-state index contributed by atoms with van der Waals surface area (Å²) in [5, 5.41) is 5.24. The molecule has 4 nitrogen and oxygen atoms in total. The van der Waals surface area contributed by atoms with E-state index in [9.17, 15) is 22.8 Å². The fourth-order valence-electron chi connectivity index (χ4n) is 2.85. The largest absolute Gasteiger partial charge is 0.416 e. The maximum absolute atomic E-state index is 12.7. The predicted octanol–water partition coefficient (Wildman–Crippen LogP) is 5.82. The lowest BCUT2D eigenvalue weighted by Gasteiger charge is -2.13. The summed E-state index contributed by atoms with van der Waals surface area (Å²) in [5.74, 6) is -0.529. The van der Waals surface area contributed by atoms with Gasteiger partial charge in [-0.15, -0.1) is 0 Å². The third kappa shape index (κ3) is 7.25. The van der Waals surface area contributed by atoms with Crippen LogP contribution in [0.2, 0.25) is 0 Å². The van der Waals surface area contributed by atoms with Gasteiger partial charge in [0, 0.05) is 24.2 Å². The first-order valence-corrected chi connectivity index (χ1v) is 9.41. The number of hydrogen-bond donors (Lipinski definition) is 2. The molecule has 2 aromatic rings. The highest BCUT2D eigenvalue weighted by molar-refractivity contribution is 5.93. The van der Waals surface area contributed by atoms with Crippen molar-refractivity contribution in [1.29, 1.82) is 0 Å². The Bertz CT molecular complexity index is 846. The summed E-state index contributed by atoms with van der Waals surface area (Å²) < 4.78 is 38.2. The van der Waals surface area contributed by atoms with Gasteiger partial charge in [-0.25, -0.2) is 0 Å². The number of carbonyl (C=O) groups excluding carboxylic acids is 2. The third-order valence-electron chi connectivity index (χ3n) is 4.40. The summed E-state index contributed by atoms with van der Waals surface area (Å²) in [7, 11) is 0. The van der Waals surface area contributed by atoms with E-state index >= 15 is 0 Å². The van der Waals surface area contributed by atoms with Crippen LogP contribution in [0.25, 0.3) is 0 Å². The molecule has 0 radical (unpaired) electrons. The van der Waals surface area contributed by atoms with E-state index in [2.05, 4.69) is 24.5 Å². The maximum atomic E-state index is 12.7. The maximum Gasteiger partial charge on any atom is 0.416 e. The van der Waals surface area contributed by atoms with Gasteiger partial charge < -0.3 is 10.6 Å². The highest BCUT2D eigenvalue weighted by atomic mass is 19.4. The van der Waals surface area contributed by atoms with E-state index < -0.39 is 17.6 Å². The smallest absolute Gasteiger partial charge is 0.326 e. The molecule has 156 valence electrons. The van der Waals surface area contributed by atoms with Crippen molar-refractivity contribution in [3.05, 3.63) is 59.7 Å². The number of anilines is 2. The van der Waals surface area contributed by atoms with Gasteiger partial charge >= 0.3 is 6.18 Å². The topological polar surface area (TPSA) is 58.2 Å². The van der Waals surface area contributed by atoms with Crippen molar-refractivity contribution in [3.63, 3.8) is 0 Å². The lowest BCUT2D eigenvalue weighted by molar-refractivity contribution is -0.137. The highest BCUT2D eigenvalue weighted by Gasteiger charge is 2.30. The Morgan fingerprint density at radius 3 is 1.93 bits per heavy atom. The molecule has 0 spiro atoms. The summed E-state index contributed by atoms with van der Waals surface area (Å²) in [4.78, 5) is 24.3. The predicted molar refractivity (Wildman–Crippen MR) is 108 cm³/mol. The second-order valence-corrected chi connectivity index (χ2v) is 7.47. The van der Waals surface area contributed by atoms with Crippen molar-refractivity contribution in [2.75, 3.05) is 10.6 Å². The zero-order chi connectivity index (χ0) is 21.6. The Hall–Kier alpha value is -2.83. The third-order valence-corrected chi connectivity index (χ3v) is 4.40. The van der Waals surface area contributed by atoms with Crippen LogP contribution in [0.5, 0.6) is 0 Å².